The summed E-state index contributed by atoms with van der Waals surface area (Å²) < 4.78 is 30.5. The third-order valence-corrected chi connectivity index (χ3v) is 9.61. The molecule has 0 fully saturated rings. The zero-order valence-corrected chi connectivity index (χ0v) is 36.4. The SMILES string of the molecule is COc1nc2cc([N+](=O)[O-])c(C)c(-c3nc(C)no3)c2nc1OC.COc1nc2cc([N+](=O)[O-])c(C)c(C(N)=O)c2nc1OC.Cc1noc(-c2c(C)c([N+](=O)[O-])cc3[nH]c(=O)c(=O)[nH]c23)n1. The van der Waals surface area contributed by atoms with E-state index in [0.29, 0.717) is 28.3 Å². The van der Waals surface area contributed by atoms with Gasteiger partial charge in [-0.25, -0.2) is 19.9 Å². The van der Waals surface area contributed by atoms with Gasteiger partial charge in [0, 0.05) is 34.9 Å². The van der Waals surface area contributed by atoms with Crippen LogP contribution in [0.3, 0.4) is 0 Å². The fourth-order valence-corrected chi connectivity index (χ4v) is 6.56. The average Bonchev–Trinajstić information content (AvgIpc) is 3.92. The van der Waals surface area contributed by atoms with E-state index in [0.717, 1.165) is 0 Å². The first-order chi connectivity index (χ1) is 31.7. The number of fused-ring (bicyclic) bond motifs is 3. The van der Waals surface area contributed by atoms with E-state index < -0.39 is 31.8 Å². The number of carbonyl (C=O) groups is 1. The Kier molecular flexibility index (Phi) is 13.1. The Morgan fingerprint density at radius 1 is 0.582 bits per heavy atom. The largest absolute Gasteiger partial charge is 0.477 e. The van der Waals surface area contributed by atoms with E-state index in [1.54, 1.807) is 20.8 Å². The van der Waals surface area contributed by atoms with Crippen LogP contribution in [0.1, 0.15) is 38.7 Å². The van der Waals surface area contributed by atoms with Gasteiger partial charge in [-0.15, -0.1) is 0 Å². The first-order valence-corrected chi connectivity index (χ1v) is 18.8. The summed E-state index contributed by atoms with van der Waals surface area (Å²) in [7, 11) is 5.55. The molecule has 67 heavy (non-hydrogen) atoms. The number of amides is 1. The highest BCUT2D eigenvalue weighted by molar-refractivity contribution is 6.07. The second kappa shape index (κ2) is 18.6. The van der Waals surface area contributed by atoms with Crippen LogP contribution in [0.4, 0.5) is 17.1 Å². The molecule has 29 nitrogen and oxygen atoms in total. The number of primary amides is 1. The van der Waals surface area contributed by atoms with Crippen molar-refractivity contribution in [2.45, 2.75) is 34.6 Å². The summed E-state index contributed by atoms with van der Waals surface area (Å²) in [5, 5.41) is 41.0. The number of rotatable bonds is 10. The van der Waals surface area contributed by atoms with E-state index in [9.17, 15) is 44.7 Å². The second-order valence-electron chi connectivity index (χ2n) is 13.7. The van der Waals surface area contributed by atoms with Crippen LogP contribution in [0.5, 0.6) is 23.5 Å². The lowest BCUT2D eigenvalue weighted by Crippen LogP contribution is -2.29. The van der Waals surface area contributed by atoms with Crippen molar-refractivity contribution < 1.29 is 47.6 Å². The van der Waals surface area contributed by atoms with Crippen molar-refractivity contribution in [2.24, 2.45) is 5.73 Å². The number of benzene rings is 3. The van der Waals surface area contributed by atoms with Gasteiger partial charge in [-0.3, -0.25) is 44.7 Å². The monoisotopic (exact) mass is 926 g/mol. The highest BCUT2D eigenvalue weighted by Gasteiger charge is 2.28. The van der Waals surface area contributed by atoms with Gasteiger partial charge in [-0.1, -0.05) is 10.3 Å². The van der Waals surface area contributed by atoms with Gasteiger partial charge < -0.3 is 43.7 Å². The summed E-state index contributed by atoms with van der Waals surface area (Å²) in [5.74, 6) is 0.429. The van der Waals surface area contributed by atoms with Crippen LogP contribution in [-0.4, -0.2) is 99.3 Å². The van der Waals surface area contributed by atoms with Crippen molar-refractivity contribution in [3.8, 4) is 46.4 Å². The third kappa shape index (κ3) is 8.98. The molecule has 0 spiro atoms. The summed E-state index contributed by atoms with van der Waals surface area (Å²) in [6.45, 7) is 7.75. The maximum atomic E-state index is 11.6. The van der Waals surface area contributed by atoms with Crippen LogP contribution in [0, 0.1) is 65.0 Å². The van der Waals surface area contributed by atoms with Gasteiger partial charge in [0.25, 0.3) is 58.3 Å². The normalized spacial score (nSPS) is 10.8. The predicted octanol–water partition coefficient (Wildman–Crippen LogP) is 3.98. The Morgan fingerprint density at radius 3 is 1.43 bits per heavy atom. The zero-order chi connectivity index (χ0) is 49.2. The minimum absolute atomic E-state index is 0.0198. The van der Waals surface area contributed by atoms with Crippen LogP contribution in [0.15, 0.2) is 36.8 Å². The summed E-state index contributed by atoms with van der Waals surface area (Å²) >= 11 is 0. The lowest BCUT2D eigenvalue weighted by molar-refractivity contribution is -0.385. The first-order valence-electron chi connectivity index (χ1n) is 18.8. The number of aromatic nitrogens is 10. The molecule has 0 aliphatic rings. The number of nitrogens with one attached hydrogen (secondary N) is 2. The van der Waals surface area contributed by atoms with E-state index in [-0.39, 0.29) is 102 Å². The van der Waals surface area contributed by atoms with Crippen LogP contribution < -0.4 is 35.8 Å². The van der Waals surface area contributed by atoms with Crippen LogP contribution in [-0.2, 0) is 0 Å². The summed E-state index contributed by atoms with van der Waals surface area (Å²) in [6, 6.07) is 3.72. The molecule has 0 radical (unpaired) electrons. The van der Waals surface area contributed by atoms with Gasteiger partial charge in [-0.05, 0) is 34.6 Å². The number of nitro groups is 3. The van der Waals surface area contributed by atoms with Crippen molar-refractivity contribution in [1.82, 2.24) is 50.2 Å². The van der Waals surface area contributed by atoms with Crippen molar-refractivity contribution >= 4 is 56.1 Å². The van der Waals surface area contributed by atoms with E-state index in [2.05, 4.69) is 50.2 Å². The molecular formula is C38H34N14O15. The molecule has 4 N–H and O–H groups in total. The number of aromatic amines is 2. The van der Waals surface area contributed by atoms with Crippen molar-refractivity contribution in [1.29, 1.82) is 0 Å². The zero-order valence-electron chi connectivity index (χ0n) is 36.4. The fourth-order valence-electron chi connectivity index (χ4n) is 6.56. The standard InChI is InChI=1S/C14H13N5O5.C12H9N5O5.C12H12N4O5/c1-6-9(19(20)21)5-8-11(10(6)12-15-7(2)18-24-12)17-14(23-4)13(16-8)22-3;1-4-7(17(20)21)3-6-9(15-11(19)10(18)14-6)8(4)12-13-5(2)16-22-12;1-5-7(16(18)19)4-6-9(8(5)10(13)17)15-12(21-3)11(14-6)20-2/h5H,1-4H3;3H,1-2H3,(H,14,18)(H,15,19);4H,1-3H3,(H2,13,17). The van der Waals surface area contributed by atoms with Crippen LogP contribution >= 0.6 is 0 Å². The van der Waals surface area contributed by atoms with Crippen molar-refractivity contribution in [3.05, 3.63) is 103 Å². The van der Waals surface area contributed by atoms with E-state index >= 15 is 0 Å². The van der Waals surface area contributed by atoms with Crippen molar-refractivity contribution in [2.75, 3.05) is 28.4 Å². The Balaban J connectivity index is 0.000000166. The molecule has 29 heteroatoms. The molecule has 5 heterocycles. The summed E-state index contributed by atoms with van der Waals surface area (Å²) in [6.07, 6.45) is 0. The van der Waals surface area contributed by atoms with Gasteiger partial charge in [0.05, 0.1) is 70.9 Å². The number of hydrogen-bond acceptors (Lipinski definition) is 23. The first kappa shape index (κ1) is 46.9. The molecule has 0 saturated heterocycles. The minimum Gasteiger partial charge on any atom is -0.477 e. The van der Waals surface area contributed by atoms with Gasteiger partial charge in [-0.2, -0.15) is 9.97 Å². The Labute approximate surface area is 371 Å². The maximum Gasteiger partial charge on any atom is 0.314 e. The number of hydrogen-bond donors (Lipinski definition) is 3. The average molecular weight is 927 g/mol. The predicted molar refractivity (Wildman–Crippen MR) is 229 cm³/mol. The number of nitrogens with two attached hydrogens (primary N) is 1. The van der Waals surface area contributed by atoms with E-state index in [4.69, 9.17) is 33.7 Å². The highest BCUT2D eigenvalue weighted by Crippen LogP contribution is 2.39. The fraction of sp³-hybridized carbons (Fsp3) is 0.237. The van der Waals surface area contributed by atoms with Crippen LogP contribution in [0.2, 0.25) is 0 Å². The Hall–Kier alpha value is -9.57. The molecule has 0 unspecified atom stereocenters. The molecule has 1 amide bonds. The number of nitro benzene ring substituents is 3. The number of nitrogens with zero attached hydrogens (tertiary/aromatic N) is 11. The molecule has 8 aromatic rings. The van der Waals surface area contributed by atoms with Crippen LogP contribution in [0.25, 0.3) is 56.0 Å². The topological polar surface area (TPSA) is 405 Å². The molecule has 346 valence electrons. The molecule has 5 aromatic heterocycles. The number of carbonyl (C=O) groups excluding carboxylic acids is 1. The molecule has 0 bridgehead atoms. The molecular weight excluding hydrogens is 893 g/mol. The number of methoxy groups -OCH3 is 4. The molecule has 0 saturated carbocycles. The molecule has 3 aromatic carbocycles. The number of ether oxygens (including phenoxy) is 4. The maximum absolute atomic E-state index is 11.6. The minimum atomic E-state index is -0.904. The molecule has 0 atom stereocenters. The molecule has 0 aliphatic heterocycles. The molecule has 8 rings (SSSR count). The van der Waals surface area contributed by atoms with Crippen molar-refractivity contribution in [3.63, 3.8) is 0 Å². The van der Waals surface area contributed by atoms with Gasteiger partial charge in [0.1, 0.15) is 22.1 Å². The number of aryl methyl sites for hydroxylation is 2. The molecule has 0 aliphatic carbocycles. The third-order valence-electron chi connectivity index (χ3n) is 9.61. The van der Waals surface area contributed by atoms with E-state index in [1.165, 1.54) is 60.5 Å². The quantitative estimate of drug-likeness (QED) is 0.0991. The highest BCUT2D eigenvalue weighted by atomic mass is 16.6. The van der Waals surface area contributed by atoms with E-state index in [1.807, 2.05) is 0 Å². The second-order valence-corrected chi connectivity index (χ2v) is 13.7. The summed E-state index contributed by atoms with van der Waals surface area (Å²) in [4.78, 5) is 96.2. The lowest BCUT2D eigenvalue weighted by Gasteiger charge is -2.10. The van der Waals surface area contributed by atoms with Gasteiger partial charge >= 0.3 is 11.1 Å². The van der Waals surface area contributed by atoms with Gasteiger partial charge in [0.2, 0.25) is 0 Å². The Bertz CT molecular complexity index is 3450. The summed E-state index contributed by atoms with van der Waals surface area (Å²) in [5.41, 5.74) is 5.25. The number of H-pyrrole nitrogens is 2. The lowest BCUT2D eigenvalue weighted by atomic mass is 10.0. The Morgan fingerprint density at radius 2 is 0.985 bits per heavy atom. The van der Waals surface area contributed by atoms with Gasteiger partial charge in [0.15, 0.2) is 11.6 Å². The smallest absolute Gasteiger partial charge is 0.314 e.